The fourth-order valence-corrected chi connectivity index (χ4v) is 2.05. The van der Waals surface area contributed by atoms with Crippen LogP contribution in [-0.4, -0.2) is 5.11 Å². The van der Waals surface area contributed by atoms with Crippen LogP contribution in [-0.2, 0) is 0 Å². The Bertz CT molecular complexity index is 518. The topological polar surface area (TPSA) is 20.2 Å². The Hall–Kier alpha value is -1.54. The molecule has 1 nitrogen and oxygen atoms in total. The second kappa shape index (κ2) is 4.54. The van der Waals surface area contributed by atoms with Crippen LogP contribution in [0.3, 0.4) is 0 Å². The highest BCUT2D eigenvalue weighted by Gasteiger charge is 2.08. The number of hydrogen-bond donors (Lipinski definition) is 1. The van der Waals surface area contributed by atoms with Crippen molar-refractivity contribution < 1.29 is 5.11 Å². The summed E-state index contributed by atoms with van der Waals surface area (Å²) in [6.45, 7) is 3.73. The summed E-state index contributed by atoms with van der Waals surface area (Å²) >= 11 is 3.34. The molecule has 0 unspecified atom stereocenters. The monoisotopic (exact) mass is 274 g/mol. The first kappa shape index (κ1) is 11.0. The highest BCUT2D eigenvalue weighted by Crippen LogP contribution is 2.36. The lowest BCUT2D eigenvalue weighted by atomic mass is 10.0. The second-order valence-electron chi connectivity index (χ2n) is 3.47. The Morgan fingerprint density at radius 3 is 2.44 bits per heavy atom. The number of phenols is 1. The molecule has 2 aromatic carbocycles. The van der Waals surface area contributed by atoms with Gasteiger partial charge in [0.2, 0.25) is 0 Å². The molecule has 80 valence electrons. The minimum atomic E-state index is 0.261. The van der Waals surface area contributed by atoms with Crippen molar-refractivity contribution in [2.45, 2.75) is 0 Å². The van der Waals surface area contributed by atoms with Crippen molar-refractivity contribution in [1.29, 1.82) is 0 Å². The summed E-state index contributed by atoms with van der Waals surface area (Å²) in [5, 5.41) is 9.99. The van der Waals surface area contributed by atoms with Crippen molar-refractivity contribution in [3.05, 3.63) is 59.1 Å². The van der Waals surface area contributed by atoms with Gasteiger partial charge < -0.3 is 5.11 Å². The van der Waals surface area contributed by atoms with E-state index >= 15 is 0 Å². The van der Waals surface area contributed by atoms with Gasteiger partial charge in [-0.2, -0.15) is 0 Å². The van der Waals surface area contributed by atoms with E-state index in [0.717, 1.165) is 16.7 Å². The summed E-state index contributed by atoms with van der Waals surface area (Å²) < 4.78 is 0.684. The van der Waals surface area contributed by atoms with Gasteiger partial charge in [-0.1, -0.05) is 43.0 Å². The van der Waals surface area contributed by atoms with Crippen LogP contribution in [0.25, 0.3) is 17.2 Å². The van der Waals surface area contributed by atoms with Crippen molar-refractivity contribution in [1.82, 2.24) is 0 Å². The summed E-state index contributed by atoms with van der Waals surface area (Å²) in [6.07, 6.45) is 1.76. The largest absolute Gasteiger partial charge is 0.506 e. The molecule has 0 fully saturated rings. The molecule has 2 rings (SSSR count). The van der Waals surface area contributed by atoms with Crippen LogP contribution >= 0.6 is 15.9 Å². The minimum Gasteiger partial charge on any atom is -0.506 e. The Balaban J connectivity index is 2.64. The molecule has 0 atom stereocenters. The fourth-order valence-electron chi connectivity index (χ4n) is 1.58. The average molecular weight is 275 g/mol. The second-order valence-corrected chi connectivity index (χ2v) is 4.32. The highest BCUT2D eigenvalue weighted by atomic mass is 79.9. The molecule has 16 heavy (non-hydrogen) atoms. The van der Waals surface area contributed by atoms with Crippen LogP contribution in [0.1, 0.15) is 5.56 Å². The molecule has 0 aliphatic carbocycles. The minimum absolute atomic E-state index is 0.261. The van der Waals surface area contributed by atoms with Gasteiger partial charge in [-0.25, -0.2) is 0 Å². The Morgan fingerprint density at radius 2 is 1.81 bits per heavy atom. The molecule has 0 saturated carbocycles. The lowest BCUT2D eigenvalue weighted by molar-refractivity contribution is 0.474. The number of phenolic OH excluding ortho intramolecular Hbond substituents is 1. The summed E-state index contributed by atoms with van der Waals surface area (Å²) in [7, 11) is 0. The third-order valence-electron chi connectivity index (χ3n) is 2.41. The molecule has 0 radical (unpaired) electrons. The van der Waals surface area contributed by atoms with Crippen LogP contribution in [0.5, 0.6) is 5.75 Å². The SMILES string of the molecule is C=Cc1cc(Br)c(O)c(-c2ccccc2)c1. The van der Waals surface area contributed by atoms with E-state index in [0.29, 0.717) is 4.47 Å². The molecule has 0 aliphatic rings. The zero-order valence-corrected chi connectivity index (χ0v) is 10.2. The van der Waals surface area contributed by atoms with Crippen LogP contribution in [0.2, 0.25) is 0 Å². The molecular weight excluding hydrogens is 264 g/mol. The molecule has 0 heterocycles. The van der Waals surface area contributed by atoms with E-state index in [-0.39, 0.29) is 5.75 Å². The maximum atomic E-state index is 9.99. The first-order chi connectivity index (χ1) is 7.72. The van der Waals surface area contributed by atoms with E-state index in [2.05, 4.69) is 22.5 Å². The summed E-state index contributed by atoms with van der Waals surface area (Å²) in [5.41, 5.74) is 2.78. The molecular formula is C14H11BrO. The van der Waals surface area contributed by atoms with Crippen molar-refractivity contribution in [3.63, 3.8) is 0 Å². The molecule has 0 spiro atoms. The Morgan fingerprint density at radius 1 is 1.12 bits per heavy atom. The number of benzene rings is 2. The van der Waals surface area contributed by atoms with Crippen LogP contribution in [0.15, 0.2) is 53.5 Å². The quantitative estimate of drug-likeness (QED) is 0.857. The summed E-state index contributed by atoms with van der Waals surface area (Å²) in [4.78, 5) is 0. The Labute approximate surface area is 103 Å². The van der Waals surface area contributed by atoms with Crippen molar-refractivity contribution in [3.8, 4) is 16.9 Å². The molecule has 2 aromatic rings. The predicted octanol–water partition coefficient (Wildman–Crippen LogP) is 4.46. The van der Waals surface area contributed by atoms with Gasteiger partial charge in [-0.05, 0) is 39.2 Å². The zero-order valence-electron chi connectivity index (χ0n) is 8.65. The molecule has 0 amide bonds. The van der Waals surface area contributed by atoms with E-state index in [1.165, 1.54) is 0 Å². The van der Waals surface area contributed by atoms with Crippen molar-refractivity contribution in [2.24, 2.45) is 0 Å². The van der Waals surface area contributed by atoms with Gasteiger partial charge >= 0.3 is 0 Å². The van der Waals surface area contributed by atoms with Crippen molar-refractivity contribution >= 4 is 22.0 Å². The number of aromatic hydroxyl groups is 1. The highest BCUT2D eigenvalue weighted by molar-refractivity contribution is 9.10. The number of hydrogen-bond acceptors (Lipinski definition) is 1. The van der Waals surface area contributed by atoms with E-state index < -0.39 is 0 Å². The van der Waals surface area contributed by atoms with Gasteiger partial charge in [0.15, 0.2) is 0 Å². The van der Waals surface area contributed by atoms with Gasteiger partial charge in [-0.3, -0.25) is 0 Å². The predicted molar refractivity (Wildman–Crippen MR) is 71.3 cm³/mol. The first-order valence-electron chi connectivity index (χ1n) is 4.92. The molecule has 0 aromatic heterocycles. The fraction of sp³-hybridized carbons (Fsp3) is 0. The van der Waals surface area contributed by atoms with Gasteiger partial charge in [-0.15, -0.1) is 0 Å². The maximum Gasteiger partial charge on any atom is 0.137 e. The van der Waals surface area contributed by atoms with Gasteiger partial charge in [0.25, 0.3) is 0 Å². The molecule has 2 heteroatoms. The summed E-state index contributed by atoms with van der Waals surface area (Å²) in [5.74, 6) is 0.261. The molecule has 0 aliphatic heterocycles. The van der Waals surface area contributed by atoms with Crippen molar-refractivity contribution in [2.75, 3.05) is 0 Å². The van der Waals surface area contributed by atoms with E-state index in [4.69, 9.17) is 0 Å². The third kappa shape index (κ3) is 2.02. The lowest BCUT2D eigenvalue weighted by Gasteiger charge is -2.08. The molecule has 0 saturated heterocycles. The van der Waals surface area contributed by atoms with E-state index in [9.17, 15) is 5.11 Å². The van der Waals surface area contributed by atoms with E-state index in [1.807, 2.05) is 42.5 Å². The third-order valence-corrected chi connectivity index (χ3v) is 3.01. The van der Waals surface area contributed by atoms with Gasteiger partial charge in [0, 0.05) is 5.56 Å². The van der Waals surface area contributed by atoms with Gasteiger partial charge in [0.1, 0.15) is 5.75 Å². The molecule has 0 bridgehead atoms. The average Bonchev–Trinajstić information content (AvgIpc) is 2.33. The number of rotatable bonds is 2. The van der Waals surface area contributed by atoms with Gasteiger partial charge in [0.05, 0.1) is 4.47 Å². The smallest absolute Gasteiger partial charge is 0.137 e. The Kier molecular flexibility index (Phi) is 3.11. The normalized spacial score (nSPS) is 10.1. The number of halogens is 1. The lowest BCUT2D eigenvalue weighted by Crippen LogP contribution is -1.82. The molecule has 1 N–H and O–H groups in total. The van der Waals surface area contributed by atoms with Crippen LogP contribution < -0.4 is 0 Å². The maximum absolute atomic E-state index is 9.99. The first-order valence-corrected chi connectivity index (χ1v) is 5.72. The standard InChI is InChI=1S/C14H11BrO/c1-2-10-8-12(14(16)13(15)9-10)11-6-4-3-5-7-11/h2-9,16H,1H2. The van der Waals surface area contributed by atoms with E-state index in [1.54, 1.807) is 6.08 Å². The van der Waals surface area contributed by atoms with Crippen LogP contribution in [0, 0.1) is 0 Å². The van der Waals surface area contributed by atoms with Crippen LogP contribution in [0.4, 0.5) is 0 Å². The summed E-state index contributed by atoms with van der Waals surface area (Å²) in [6, 6.07) is 13.5. The zero-order chi connectivity index (χ0) is 11.5.